The van der Waals surface area contributed by atoms with Gasteiger partial charge in [-0.25, -0.2) is 0 Å². The van der Waals surface area contributed by atoms with Crippen molar-refractivity contribution in [2.75, 3.05) is 0 Å². The first-order valence-electron chi connectivity index (χ1n) is 6.76. The van der Waals surface area contributed by atoms with E-state index in [2.05, 4.69) is 0 Å². The fraction of sp³-hybridized carbons (Fsp3) is 0.200. The summed E-state index contributed by atoms with van der Waals surface area (Å²) in [4.78, 5) is 0. The van der Waals surface area contributed by atoms with Crippen LogP contribution in [0, 0.1) is 3.57 Å². The lowest BCUT2D eigenvalue weighted by atomic mass is 10.0. The van der Waals surface area contributed by atoms with Gasteiger partial charge < -0.3 is 5.11 Å². The Balaban J connectivity index is 2.61. The summed E-state index contributed by atoms with van der Waals surface area (Å²) in [7, 11) is 0. The third-order valence-corrected chi connectivity index (χ3v) is 6.10. The minimum absolute atomic E-state index is 0.0442. The Hall–Kier alpha value is -1.44. The highest BCUT2D eigenvalue weighted by atomic mass is 127. The Morgan fingerprint density at radius 1 is 0.741 bits per heavy atom. The minimum atomic E-state index is -5.22. The molecular formula is C15H4F9IOS. The zero-order valence-electron chi connectivity index (χ0n) is 12.4. The Bertz CT molecular complexity index is 1060. The van der Waals surface area contributed by atoms with Crippen LogP contribution in [0.5, 0.6) is 5.75 Å². The molecule has 1 heterocycles. The Morgan fingerprint density at radius 2 is 1.26 bits per heavy atom. The highest BCUT2D eigenvalue weighted by Gasteiger charge is 2.44. The summed E-state index contributed by atoms with van der Waals surface area (Å²) in [6, 6.07) is 1.87. The number of hydrogen-bond acceptors (Lipinski definition) is 2. The second-order valence-corrected chi connectivity index (χ2v) is 7.52. The molecule has 0 aliphatic heterocycles. The van der Waals surface area contributed by atoms with Crippen LogP contribution in [-0.2, 0) is 18.5 Å². The Labute approximate surface area is 161 Å². The van der Waals surface area contributed by atoms with Crippen LogP contribution in [-0.4, -0.2) is 5.11 Å². The molecule has 0 atom stereocenters. The standard InChI is InChI=1S/C15H4F9IOS/c16-13(17,18)6-3-5-4-1-2-7(26)8(14(19,20)21)11(4)27-12(5)9(10(6)25)15(22,23)24/h1-3,26H. The molecule has 0 fully saturated rings. The molecule has 0 bridgehead atoms. The molecule has 12 heteroatoms. The van der Waals surface area contributed by atoms with Crippen LogP contribution in [0.3, 0.4) is 0 Å². The molecular weight excluding hydrogens is 526 g/mol. The zero-order chi connectivity index (χ0) is 20.5. The number of alkyl halides is 9. The van der Waals surface area contributed by atoms with E-state index in [4.69, 9.17) is 0 Å². The van der Waals surface area contributed by atoms with E-state index in [1.165, 1.54) is 0 Å². The molecule has 0 saturated heterocycles. The van der Waals surface area contributed by atoms with Crippen molar-refractivity contribution < 1.29 is 44.6 Å². The van der Waals surface area contributed by atoms with Gasteiger partial charge in [-0.1, -0.05) is 0 Å². The molecule has 1 nitrogen and oxygen atoms in total. The number of hydrogen-bond donors (Lipinski definition) is 1. The number of halogens is 10. The van der Waals surface area contributed by atoms with Gasteiger partial charge >= 0.3 is 18.5 Å². The summed E-state index contributed by atoms with van der Waals surface area (Å²) < 4.78 is 117. The summed E-state index contributed by atoms with van der Waals surface area (Å²) in [5.74, 6) is -1.22. The molecule has 1 N–H and O–H groups in total. The lowest BCUT2D eigenvalue weighted by Crippen LogP contribution is -2.14. The van der Waals surface area contributed by atoms with Crippen molar-refractivity contribution >= 4 is 54.1 Å². The number of benzene rings is 2. The lowest BCUT2D eigenvalue weighted by Gasteiger charge is -2.16. The van der Waals surface area contributed by atoms with Crippen molar-refractivity contribution in [3.05, 3.63) is 38.5 Å². The maximum absolute atomic E-state index is 13.5. The zero-order valence-corrected chi connectivity index (χ0v) is 15.3. The third-order valence-electron chi connectivity index (χ3n) is 3.72. The predicted octanol–water partition coefficient (Wildman–Crippen LogP) is 7.42. The Morgan fingerprint density at radius 3 is 1.74 bits per heavy atom. The molecule has 0 amide bonds. The average Bonchev–Trinajstić information content (AvgIpc) is 2.79. The van der Waals surface area contributed by atoms with Crippen LogP contribution < -0.4 is 0 Å². The smallest absolute Gasteiger partial charge is 0.421 e. The molecule has 3 rings (SSSR count). The third kappa shape index (κ3) is 3.30. The van der Waals surface area contributed by atoms with E-state index < -0.39 is 64.7 Å². The molecule has 0 aliphatic carbocycles. The fourth-order valence-corrected chi connectivity index (χ4v) is 5.31. The van der Waals surface area contributed by atoms with E-state index in [1.54, 1.807) is 0 Å². The maximum atomic E-state index is 13.5. The van der Waals surface area contributed by atoms with E-state index in [0.717, 1.165) is 28.7 Å². The molecule has 0 spiro atoms. The number of phenols is 1. The van der Waals surface area contributed by atoms with Gasteiger partial charge in [0.05, 0.1) is 15.8 Å². The SMILES string of the molecule is Oc1ccc2c(sc3c(C(F)(F)F)c(I)c(C(F)(F)F)cc32)c1C(F)(F)F. The van der Waals surface area contributed by atoms with Crippen molar-refractivity contribution in [2.45, 2.75) is 18.5 Å². The highest BCUT2D eigenvalue weighted by molar-refractivity contribution is 14.1. The molecule has 0 saturated carbocycles. The van der Waals surface area contributed by atoms with Gasteiger partial charge in [-0.3, -0.25) is 0 Å². The van der Waals surface area contributed by atoms with Gasteiger partial charge in [-0.05, 0) is 40.8 Å². The molecule has 27 heavy (non-hydrogen) atoms. The van der Waals surface area contributed by atoms with Gasteiger partial charge in [-0.2, -0.15) is 39.5 Å². The van der Waals surface area contributed by atoms with Crippen molar-refractivity contribution in [3.63, 3.8) is 0 Å². The Kier molecular flexibility index (Phi) is 4.53. The fourth-order valence-electron chi connectivity index (χ4n) is 2.67. The van der Waals surface area contributed by atoms with Crippen LogP contribution >= 0.6 is 33.9 Å². The summed E-state index contributed by atoms with van der Waals surface area (Å²) >= 11 is 0.935. The molecule has 3 aromatic rings. The summed E-state index contributed by atoms with van der Waals surface area (Å²) in [6.45, 7) is 0. The summed E-state index contributed by atoms with van der Waals surface area (Å²) in [5, 5.41) is 8.46. The lowest BCUT2D eigenvalue weighted by molar-refractivity contribution is -0.143. The maximum Gasteiger partial charge on any atom is 0.421 e. The molecule has 0 aliphatic rings. The van der Waals surface area contributed by atoms with Crippen LogP contribution in [0.1, 0.15) is 16.7 Å². The van der Waals surface area contributed by atoms with Gasteiger partial charge in [0.2, 0.25) is 0 Å². The molecule has 146 valence electrons. The van der Waals surface area contributed by atoms with Crippen molar-refractivity contribution in [1.82, 2.24) is 0 Å². The van der Waals surface area contributed by atoms with Gasteiger partial charge in [-0.15, -0.1) is 11.3 Å². The predicted molar refractivity (Wildman–Crippen MR) is 88.7 cm³/mol. The van der Waals surface area contributed by atoms with E-state index in [1.807, 2.05) is 0 Å². The number of phenolic OH excluding ortho intramolecular Hbond substituents is 1. The number of aromatic hydroxyl groups is 1. The quantitative estimate of drug-likeness (QED) is 0.237. The van der Waals surface area contributed by atoms with E-state index in [-0.39, 0.29) is 11.3 Å². The normalized spacial score (nSPS) is 13.7. The van der Waals surface area contributed by atoms with Crippen molar-refractivity contribution in [1.29, 1.82) is 0 Å². The highest BCUT2D eigenvalue weighted by Crippen LogP contribution is 2.51. The number of rotatable bonds is 0. The molecule has 1 aromatic heterocycles. The first-order valence-corrected chi connectivity index (χ1v) is 8.65. The average molecular weight is 530 g/mol. The first-order chi connectivity index (χ1) is 12.1. The largest absolute Gasteiger partial charge is 0.507 e. The van der Waals surface area contributed by atoms with Crippen molar-refractivity contribution in [2.24, 2.45) is 0 Å². The van der Waals surface area contributed by atoms with E-state index >= 15 is 0 Å². The van der Waals surface area contributed by atoms with Crippen LogP contribution in [0.2, 0.25) is 0 Å². The van der Waals surface area contributed by atoms with Gasteiger partial charge in [0, 0.05) is 19.0 Å². The van der Waals surface area contributed by atoms with Gasteiger partial charge in [0.25, 0.3) is 0 Å². The minimum Gasteiger partial charge on any atom is -0.507 e. The van der Waals surface area contributed by atoms with E-state index in [0.29, 0.717) is 12.1 Å². The molecule has 0 radical (unpaired) electrons. The van der Waals surface area contributed by atoms with Gasteiger partial charge in [0.1, 0.15) is 11.3 Å². The van der Waals surface area contributed by atoms with E-state index in [9.17, 15) is 44.6 Å². The van der Waals surface area contributed by atoms with Crippen molar-refractivity contribution in [3.8, 4) is 5.75 Å². The monoisotopic (exact) mass is 530 g/mol. The second-order valence-electron chi connectivity index (χ2n) is 5.42. The van der Waals surface area contributed by atoms with Crippen LogP contribution in [0.15, 0.2) is 18.2 Å². The topological polar surface area (TPSA) is 20.2 Å². The van der Waals surface area contributed by atoms with Crippen LogP contribution in [0.4, 0.5) is 39.5 Å². The summed E-state index contributed by atoms with van der Waals surface area (Å²) in [5.41, 5.74) is -4.83. The number of fused-ring (bicyclic) bond motifs is 3. The van der Waals surface area contributed by atoms with Crippen LogP contribution in [0.25, 0.3) is 20.2 Å². The molecule has 2 aromatic carbocycles. The summed E-state index contributed by atoms with van der Waals surface area (Å²) in [6.07, 6.45) is -15.5. The second kappa shape index (κ2) is 6.03. The first kappa shape index (κ1) is 20.3. The number of thiophene rings is 1. The molecule has 0 unspecified atom stereocenters. The van der Waals surface area contributed by atoms with Gasteiger partial charge in [0.15, 0.2) is 0 Å².